The molecule has 0 radical (unpaired) electrons. The molecule has 0 saturated heterocycles. The Hall–Kier alpha value is -1.43. The molecule has 0 fully saturated rings. The van der Waals surface area contributed by atoms with Gasteiger partial charge in [0.2, 0.25) is 5.82 Å². The number of hydrogen-bond donors (Lipinski definition) is 1. The molecule has 0 spiro atoms. The summed E-state index contributed by atoms with van der Waals surface area (Å²) in [5, 5.41) is 0. The minimum absolute atomic E-state index is 0.211. The second-order valence-electron chi connectivity index (χ2n) is 2.42. The molecule has 5 nitrogen and oxygen atoms in total. The molecule has 0 aliphatic heterocycles. The number of nitrogens with one attached hydrogen (secondary N) is 1. The summed E-state index contributed by atoms with van der Waals surface area (Å²) in [6.07, 6.45) is 0.861. The summed E-state index contributed by atoms with van der Waals surface area (Å²) in [4.78, 5) is 23.4. The third-order valence-corrected chi connectivity index (χ3v) is 1.50. The molecule has 1 rings (SSSR count). The fourth-order valence-electron chi connectivity index (χ4n) is 0.838. The highest BCUT2D eigenvalue weighted by atomic mass is 19.1. The van der Waals surface area contributed by atoms with Crippen molar-refractivity contribution >= 4 is 0 Å². The van der Waals surface area contributed by atoms with E-state index in [0.717, 1.165) is 10.8 Å². The molecule has 0 aliphatic rings. The molecule has 72 valence electrons. The van der Waals surface area contributed by atoms with Gasteiger partial charge in [0.1, 0.15) is 0 Å². The molecule has 1 aromatic heterocycles. The molecule has 0 bridgehead atoms. The lowest BCUT2D eigenvalue weighted by Crippen LogP contribution is -2.32. The number of rotatable bonds is 3. The summed E-state index contributed by atoms with van der Waals surface area (Å²) in [6.45, 7) is 0.494. The first-order chi connectivity index (χ1) is 6.15. The standard InChI is InChI=1S/C7H9FN2O3/c1-13-3-2-10-4-5(8)6(11)9-7(10)12/h4H,2-3H2,1H3,(H,9,11,12). The molecule has 13 heavy (non-hydrogen) atoms. The topological polar surface area (TPSA) is 64.1 Å². The van der Waals surface area contributed by atoms with Crippen molar-refractivity contribution in [1.29, 1.82) is 0 Å². The first kappa shape index (κ1) is 9.66. The average Bonchev–Trinajstić information content (AvgIpc) is 2.09. The molecule has 1 aromatic rings. The lowest BCUT2D eigenvalue weighted by molar-refractivity contribution is 0.185. The molecule has 0 unspecified atom stereocenters. The fraction of sp³-hybridized carbons (Fsp3) is 0.429. The summed E-state index contributed by atoms with van der Waals surface area (Å²) in [5.74, 6) is -0.976. The first-order valence-corrected chi connectivity index (χ1v) is 3.63. The maximum Gasteiger partial charge on any atom is 0.328 e. The van der Waals surface area contributed by atoms with Gasteiger partial charge < -0.3 is 4.74 Å². The van der Waals surface area contributed by atoms with Crippen LogP contribution in [0.25, 0.3) is 0 Å². The number of ether oxygens (including phenoxy) is 1. The second kappa shape index (κ2) is 3.99. The van der Waals surface area contributed by atoms with Gasteiger partial charge in [0.25, 0.3) is 5.56 Å². The maximum atomic E-state index is 12.6. The van der Waals surface area contributed by atoms with E-state index in [9.17, 15) is 14.0 Å². The van der Waals surface area contributed by atoms with Crippen LogP contribution in [-0.4, -0.2) is 23.3 Å². The zero-order valence-corrected chi connectivity index (χ0v) is 7.04. The predicted octanol–water partition coefficient (Wildman–Crippen LogP) is -0.678. The minimum atomic E-state index is -1.00. The summed E-state index contributed by atoms with van der Waals surface area (Å²) in [7, 11) is 1.47. The van der Waals surface area contributed by atoms with E-state index in [1.807, 2.05) is 4.98 Å². The lowest BCUT2D eigenvalue weighted by Gasteiger charge is -2.02. The molecule has 1 N–H and O–H groups in total. The van der Waals surface area contributed by atoms with Crippen LogP contribution < -0.4 is 11.2 Å². The van der Waals surface area contributed by atoms with E-state index in [2.05, 4.69) is 0 Å². The Balaban J connectivity index is 3.02. The molecule has 6 heteroatoms. The summed E-state index contributed by atoms with van der Waals surface area (Å²) in [6, 6.07) is 0. The van der Waals surface area contributed by atoms with Crippen molar-refractivity contribution in [3.63, 3.8) is 0 Å². The van der Waals surface area contributed by atoms with Gasteiger partial charge in [-0.1, -0.05) is 0 Å². The van der Waals surface area contributed by atoms with Crippen molar-refractivity contribution in [2.45, 2.75) is 6.54 Å². The molecule has 0 aliphatic carbocycles. The Morgan fingerprint density at radius 3 is 2.92 bits per heavy atom. The Bertz CT molecular complexity index is 395. The first-order valence-electron chi connectivity index (χ1n) is 3.63. The van der Waals surface area contributed by atoms with Crippen LogP contribution in [0.5, 0.6) is 0 Å². The van der Waals surface area contributed by atoms with Crippen molar-refractivity contribution < 1.29 is 9.13 Å². The molecule has 0 amide bonds. The smallest absolute Gasteiger partial charge is 0.328 e. The highest BCUT2D eigenvalue weighted by Crippen LogP contribution is 1.84. The number of aromatic amines is 1. The molecule has 0 saturated carbocycles. The van der Waals surface area contributed by atoms with Crippen LogP contribution in [0.3, 0.4) is 0 Å². The van der Waals surface area contributed by atoms with Crippen molar-refractivity contribution in [2.75, 3.05) is 13.7 Å². The predicted molar refractivity (Wildman–Crippen MR) is 43.2 cm³/mol. The van der Waals surface area contributed by atoms with Gasteiger partial charge >= 0.3 is 5.69 Å². The van der Waals surface area contributed by atoms with Crippen LogP contribution in [0.15, 0.2) is 15.8 Å². The normalized spacial score (nSPS) is 10.3. The number of halogens is 1. The molecular formula is C7H9FN2O3. The Morgan fingerprint density at radius 2 is 2.31 bits per heavy atom. The number of nitrogens with zero attached hydrogens (tertiary/aromatic N) is 1. The number of H-pyrrole nitrogens is 1. The minimum Gasteiger partial charge on any atom is -0.383 e. The van der Waals surface area contributed by atoms with Crippen LogP contribution in [0, 0.1) is 5.82 Å². The summed E-state index contributed by atoms with van der Waals surface area (Å²) < 4.78 is 18.4. The fourth-order valence-corrected chi connectivity index (χ4v) is 0.838. The van der Waals surface area contributed by atoms with Gasteiger partial charge in [0.15, 0.2) is 0 Å². The van der Waals surface area contributed by atoms with Gasteiger partial charge in [-0.05, 0) is 0 Å². The van der Waals surface area contributed by atoms with E-state index >= 15 is 0 Å². The second-order valence-corrected chi connectivity index (χ2v) is 2.42. The van der Waals surface area contributed by atoms with Gasteiger partial charge in [-0.15, -0.1) is 0 Å². The SMILES string of the molecule is COCCn1cc(F)c(=O)[nH]c1=O. The van der Waals surface area contributed by atoms with Crippen LogP contribution in [0.4, 0.5) is 4.39 Å². The number of methoxy groups -OCH3 is 1. The maximum absolute atomic E-state index is 12.6. The van der Waals surface area contributed by atoms with Crippen LogP contribution in [-0.2, 0) is 11.3 Å². The zero-order chi connectivity index (χ0) is 9.84. The van der Waals surface area contributed by atoms with Gasteiger partial charge in [0.05, 0.1) is 19.3 Å². The van der Waals surface area contributed by atoms with Gasteiger partial charge in [-0.2, -0.15) is 4.39 Å². The molecular weight excluding hydrogens is 179 g/mol. The largest absolute Gasteiger partial charge is 0.383 e. The summed E-state index contributed by atoms with van der Waals surface area (Å²) in [5.41, 5.74) is -1.64. The van der Waals surface area contributed by atoms with E-state index in [-0.39, 0.29) is 13.2 Å². The van der Waals surface area contributed by atoms with E-state index in [0.29, 0.717) is 0 Å². The Labute approximate surface area is 72.8 Å². The van der Waals surface area contributed by atoms with Crippen LogP contribution in [0.1, 0.15) is 0 Å². The zero-order valence-electron chi connectivity index (χ0n) is 7.04. The van der Waals surface area contributed by atoms with E-state index in [4.69, 9.17) is 4.74 Å². The molecule has 0 aromatic carbocycles. The molecule has 0 atom stereocenters. The van der Waals surface area contributed by atoms with E-state index < -0.39 is 17.1 Å². The molecule has 1 heterocycles. The summed E-state index contributed by atoms with van der Waals surface area (Å²) >= 11 is 0. The highest BCUT2D eigenvalue weighted by molar-refractivity contribution is 4.86. The third kappa shape index (κ3) is 2.25. The van der Waals surface area contributed by atoms with E-state index in [1.54, 1.807) is 0 Å². The van der Waals surface area contributed by atoms with Crippen LogP contribution in [0.2, 0.25) is 0 Å². The van der Waals surface area contributed by atoms with Crippen molar-refractivity contribution in [1.82, 2.24) is 9.55 Å². The lowest BCUT2D eigenvalue weighted by atomic mass is 10.5. The number of hydrogen-bond acceptors (Lipinski definition) is 3. The van der Waals surface area contributed by atoms with Gasteiger partial charge in [-0.3, -0.25) is 14.3 Å². The van der Waals surface area contributed by atoms with Crippen molar-refractivity contribution in [3.8, 4) is 0 Å². The van der Waals surface area contributed by atoms with Gasteiger partial charge in [0, 0.05) is 7.11 Å². The quantitative estimate of drug-likeness (QED) is 0.683. The van der Waals surface area contributed by atoms with Gasteiger partial charge in [-0.25, -0.2) is 4.79 Å². The highest BCUT2D eigenvalue weighted by Gasteiger charge is 2.02. The average molecular weight is 188 g/mol. The monoisotopic (exact) mass is 188 g/mol. The number of aromatic nitrogens is 2. The Kier molecular flexibility index (Phi) is 2.97. The van der Waals surface area contributed by atoms with Crippen molar-refractivity contribution in [2.24, 2.45) is 0 Å². The Morgan fingerprint density at radius 1 is 1.62 bits per heavy atom. The third-order valence-electron chi connectivity index (χ3n) is 1.50. The van der Waals surface area contributed by atoms with Crippen molar-refractivity contribution in [3.05, 3.63) is 32.9 Å². The van der Waals surface area contributed by atoms with E-state index in [1.165, 1.54) is 7.11 Å². The van der Waals surface area contributed by atoms with Crippen LogP contribution >= 0.6 is 0 Å².